The number of benzene rings is 1. The molecular formula is C14H21ClN2O. The van der Waals surface area contributed by atoms with Gasteiger partial charge in [-0.05, 0) is 24.2 Å². The molecule has 4 heteroatoms. The molecule has 1 N–H and O–H groups in total. The molecule has 1 fully saturated rings. The Morgan fingerprint density at radius 1 is 1.39 bits per heavy atom. The monoisotopic (exact) mass is 268 g/mol. The van der Waals surface area contributed by atoms with Gasteiger partial charge in [0.05, 0.1) is 13.2 Å². The van der Waals surface area contributed by atoms with Crippen molar-refractivity contribution in [2.24, 2.45) is 0 Å². The normalized spacial score (nSPS) is 21.1. The minimum absolute atomic E-state index is 0.467. The smallest absolute Gasteiger partial charge is 0.0635 e. The highest BCUT2D eigenvalue weighted by atomic mass is 35.5. The van der Waals surface area contributed by atoms with Crippen molar-refractivity contribution in [3.8, 4) is 0 Å². The summed E-state index contributed by atoms with van der Waals surface area (Å²) >= 11 is 5.91. The number of nitrogens with one attached hydrogen (secondary N) is 1. The van der Waals surface area contributed by atoms with Gasteiger partial charge in [-0.25, -0.2) is 0 Å². The Bertz CT molecular complexity index is 355. The molecule has 1 aliphatic heterocycles. The number of halogens is 1. The standard InChI is InChI=1S/C14H21ClN2O/c1-2-16-9-14-11-18-8-7-17(14)10-12-3-5-13(15)6-4-12/h3-6,14,16H,2,7-11H2,1H3. The minimum Gasteiger partial charge on any atom is -0.378 e. The number of rotatable bonds is 5. The van der Waals surface area contributed by atoms with Crippen molar-refractivity contribution in [1.82, 2.24) is 10.2 Å². The maximum atomic E-state index is 5.91. The fourth-order valence-corrected chi connectivity index (χ4v) is 2.35. The Hall–Kier alpha value is -0.610. The van der Waals surface area contributed by atoms with Crippen molar-refractivity contribution in [3.05, 3.63) is 34.9 Å². The van der Waals surface area contributed by atoms with Gasteiger partial charge in [-0.2, -0.15) is 0 Å². The zero-order chi connectivity index (χ0) is 12.8. The summed E-state index contributed by atoms with van der Waals surface area (Å²) in [6, 6.07) is 8.58. The number of hydrogen-bond donors (Lipinski definition) is 1. The molecule has 0 amide bonds. The molecule has 0 spiro atoms. The number of ether oxygens (including phenoxy) is 1. The second-order valence-electron chi connectivity index (χ2n) is 4.63. The fraction of sp³-hybridized carbons (Fsp3) is 0.571. The van der Waals surface area contributed by atoms with E-state index >= 15 is 0 Å². The molecule has 0 radical (unpaired) electrons. The molecule has 100 valence electrons. The van der Waals surface area contributed by atoms with Crippen LogP contribution in [0, 0.1) is 0 Å². The van der Waals surface area contributed by atoms with Crippen LogP contribution in [0.25, 0.3) is 0 Å². The van der Waals surface area contributed by atoms with Crippen molar-refractivity contribution in [1.29, 1.82) is 0 Å². The van der Waals surface area contributed by atoms with Crippen molar-refractivity contribution in [2.45, 2.75) is 19.5 Å². The molecule has 1 atom stereocenters. The highest BCUT2D eigenvalue weighted by Gasteiger charge is 2.22. The first-order valence-corrected chi connectivity index (χ1v) is 6.94. The van der Waals surface area contributed by atoms with E-state index in [1.165, 1.54) is 5.56 Å². The van der Waals surface area contributed by atoms with Gasteiger partial charge in [0.1, 0.15) is 0 Å². The maximum absolute atomic E-state index is 5.91. The van der Waals surface area contributed by atoms with Gasteiger partial charge in [-0.1, -0.05) is 30.7 Å². The zero-order valence-corrected chi connectivity index (χ0v) is 11.6. The lowest BCUT2D eigenvalue weighted by Gasteiger charge is -2.35. The minimum atomic E-state index is 0.467. The van der Waals surface area contributed by atoms with E-state index in [2.05, 4.69) is 29.3 Å². The van der Waals surface area contributed by atoms with E-state index in [0.717, 1.165) is 44.4 Å². The Labute approximate surface area is 114 Å². The van der Waals surface area contributed by atoms with Gasteiger partial charge < -0.3 is 10.1 Å². The van der Waals surface area contributed by atoms with E-state index < -0.39 is 0 Å². The van der Waals surface area contributed by atoms with Crippen LogP contribution in [0.4, 0.5) is 0 Å². The summed E-state index contributed by atoms with van der Waals surface area (Å²) in [5.74, 6) is 0. The first kappa shape index (κ1) is 13.8. The van der Waals surface area contributed by atoms with E-state index in [1.54, 1.807) is 0 Å². The predicted molar refractivity (Wildman–Crippen MR) is 75.0 cm³/mol. The fourth-order valence-electron chi connectivity index (χ4n) is 2.22. The third kappa shape index (κ3) is 3.95. The number of nitrogens with zero attached hydrogens (tertiary/aromatic N) is 1. The van der Waals surface area contributed by atoms with Gasteiger partial charge in [0, 0.05) is 30.7 Å². The van der Waals surface area contributed by atoms with E-state index in [4.69, 9.17) is 16.3 Å². The van der Waals surface area contributed by atoms with Crippen LogP contribution < -0.4 is 5.32 Å². The SMILES string of the molecule is CCNCC1COCCN1Cc1ccc(Cl)cc1. The molecule has 1 aromatic rings. The molecule has 0 saturated carbocycles. The van der Waals surface area contributed by atoms with Crippen LogP contribution in [-0.2, 0) is 11.3 Å². The van der Waals surface area contributed by atoms with E-state index in [1.807, 2.05) is 12.1 Å². The average molecular weight is 269 g/mol. The molecule has 1 saturated heterocycles. The summed E-state index contributed by atoms with van der Waals surface area (Å²) in [5, 5.41) is 4.20. The Morgan fingerprint density at radius 2 is 2.17 bits per heavy atom. The quantitative estimate of drug-likeness (QED) is 0.886. The van der Waals surface area contributed by atoms with E-state index in [-0.39, 0.29) is 0 Å². The largest absolute Gasteiger partial charge is 0.378 e. The second kappa shape index (κ2) is 7.10. The van der Waals surface area contributed by atoms with Gasteiger partial charge in [-0.15, -0.1) is 0 Å². The molecule has 1 heterocycles. The first-order valence-electron chi connectivity index (χ1n) is 6.56. The summed E-state index contributed by atoms with van der Waals surface area (Å²) in [6.07, 6.45) is 0. The third-order valence-electron chi connectivity index (χ3n) is 3.28. The molecule has 2 rings (SSSR count). The average Bonchev–Trinajstić information content (AvgIpc) is 2.40. The number of likely N-dealkylation sites (N-methyl/N-ethyl adjacent to an activating group) is 1. The molecule has 0 aromatic heterocycles. The highest BCUT2D eigenvalue weighted by molar-refractivity contribution is 6.30. The molecular weight excluding hydrogens is 248 g/mol. The lowest BCUT2D eigenvalue weighted by Crippen LogP contribution is -2.49. The highest BCUT2D eigenvalue weighted by Crippen LogP contribution is 2.14. The molecule has 1 aromatic carbocycles. The summed E-state index contributed by atoms with van der Waals surface area (Å²) in [7, 11) is 0. The summed E-state index contributed by atoms with van der Waals surface area (Å²) in [5.41, 5.74) is 1.31. The molecule has 1 aliphatic rings. The van der Waals surface area contributed by atoms with Gasteiger partial charge in [0.25, 0.3) is 0 Å². The van der Waals surface area contributed by atoms with Crippen molar-refractivity contribution >= 4 is 11.6 Å². The third-order valence-corrected chi connectivity index (χ3v) is 3.53. The summed E-state index contributed by atoms with van der Waals surface area (Å²) < 4.78 is 5.56. The van der Waals surface area contributed by atoms with Crippen molar-refractivity contribution in [3.63, 3.8) is 0 Å². The van der Waals surface area contributed by atoms with Crippen LogP contribution in [0.1, 0.15) is 12.5 Å². The first-order chi connectivity index (χ1) is 8.79. The maximum Gasteiger partial charge on any atom is 0.0635 e. The van der Waals surface area contributed by atoms with E-state index in [0.29, 0.717) is 6.04 Å². The second-order valence-corrected chi connectivity index (χ2v) is 5.07. The Balaban J connectivity index is 1.94. The Morgan fingerprint density at radius 3 is 2.89 bits per heavy atom. The van der Waals surface area contributed by atoms with Gasteiger partial charge >= 0.3 is 0 Å². The lowest BCUT2D eigenvalue weighted by atomic mass is 10.1. The van der Waals surface area contributed by atoms with Crippen molar-refractivity contribution < 1.29 is 4.74 Å². The van der Waals surface area contributed by atoms with Gasteiger partial charge in [-0.3, -0.25) is 4.90 Å². The molecule has 3 nitrogen and oxygen atoms in total. The molecule has 1 unspecified atom stereocenters. The van der Waals surface area contributed by atoms with Crippen LogP contribution in [-0.4, -0.2) is 43.8 Å². The topological polar surface area (TPSA) is 24.5 Å². The Kier molecular flexibility index (Phi) is 5.45. The predicted octanol–water partition coefficient (Wildman–Crippen LogP) is 2.15. The molecule has 18 heavy (non-hydrogen) atoms. The van der Waals surface area contributed by atoms with Gasteiger partial charge in [0.2, 0.25) is 0 Å². The number of morpholine rings is 1. The van der Waals surface area contributed by atoms with E-state index in [9.17, 15) is 0 Å². The zero-order valence-electron chi connectivity index (χ0n) is 10.9. The van der Waals surface area contributed by atoms with Crippen molar-refractivity contribution in [2.75, 3.05) is 32.8 Å². The van der Waals surface area contributed by atoms with Crippen LogP contribution in [0.2, 0.25) is 5.02 Å². The molecule has 0 aliphatic carbocycles. The summed E-state index contributed by atoms with van der Waals surface area (Å²) in [4.78, 5) is 2.48. The van der Waals surface area contributed by atoms with Crippen LogP contribution in [0.15, 0.2) is 24.3 Å². The van der Waals surface area contributed by atoms with Crippen LogP contribution >= 0.6 is 11.6 Å². The van der Waals surface area contributed by atoms with Crippen LogP contribution in [0.3, 0.4) is 0 Å². The van der Waals surface area contributed by atoms with Gasteiger partial charge in [0.15, 0.2) is 0 Å². The lowest BCUT2D eigenvalue weighted by molar-refractivity contribution is -0.0107. The summed E-state index contributed by atoms with van der Waals surface area (Å²) in [6.45, 7) is 7.74. The molecule has 0 bridgehead atoms. The van der Waals surface area contributed by atoms with Crippen LogP contribution in [0.5, 0.6) is 0 Å². The number of hydrogen-bond acceptors (Lipinski definition) is 3.